The highest BCUT2D eigenvalue weighted by Crippen LogP contribution is 2.22. The number of hydrogen-bond acceptors (Lipinski definition) is 4. The van der Waals surface area contributed by atoms with Crippen LogP contribution in [0, 0.1) is 13.8 Å². The van der Waals surface area contributed by atoms with Crippen LogP contribution >= 0.6 is 23.2 Å². The van der Waals surface area contributed by atoms with E-state index in [9.17, 15) is 4.79 Å². The van der Waals surface area contributed by atoms with E-state index in [0.717, 1.165) is 30.9 Å². The largest absolute Gasteiger partial charge is 0.372 e. The Morgan fingerprint density at radius 3 is 2.67 bits per heavy atom. The van der Waals surface area contributed by atoms with Crippen molar-refractivity contribution in [2.75, 3.05) is 18.5 Å². The Morgan fingerprint density at radius 2 is 2.00 bits per heavy atom. The van der Waals surface area contributed by atoms with Gasteiger partial charge in [-0.3, -0.25) is 4.79 Å². The van der Waals surface area contributed by atoms with Gasteiger partial charge in [0.25, 0.3) is 5.56 Å². The van der Waals surface area contributed by atoms with Crippen molar-refractivity contribution in [3.8, 4) is 5.69 Å². The molecule has 3 aromatic rings. The van der Waals surface area contributed by atoms with E-state index in [1.807, 2.05) is 38.1 Å². The average molecular weight is 406 g/mol. The minimum absolute atomic E-state index is 0.142. The van der Waals surface area contributed by atoms with Crippen LogP contribution in [-0.2, 0) is 6.54 Å². The SMILES string of the molecule is Cc1ccc(-n2ncc(N(C)CCCn3ccnc3C)c(Cl)c2=O)cc1Cl. The van der Waals surface area contributed by atoms with Crippen molar-refractivity contribution in [1.29, 1.82) is 0 Å². The van der Waals surface area contributed by atoms with Crippen molar-refractivity contribution in [2.45, 2.75) is 26.8 Å². The van der Waals surface area contributed by atoms with Crippen LogP contribution in [0.2, 0.25) is 10.0 Å². The van der Waals surface area contributed by atoms with Crippen LogP contribution in [0.5, 0.6) is 0 Å². The van der Waals surface area contributed by atoms with Crippen LogP contribution in [0.15, 0.2) is 41.6 Å². The molecule has 0 amide bonds. The number of aromatic nitrogens is 4. The van der Waals surface area contributed by atoms with Crippen molar-refractivity contribution in [3.63, 3.8) is 0 Å². The number of benzene rings is 1. The lowest BCUT2D eigenvalue weighted by Gasteiger charge is -2.20. The van der Waals surface area contributed by atoms with Gasteiger partial charge in [-0.1, -0.05) is 29.3 Å². The number of aryl methyl sites for hydroxylation is 3. The van der Waals surface area contributed by atoms with Crippen LogP contribution in [0.25, 0.3) is 5.69 Å². The predicted octanol–water partition coefficient (Wildman–Crippen LogP) is 3.88. The molecule has 1 aromatic carbocycles. The summed E-state index contributed by atoms with van der Waals surface area (Å²) in [5, 5.41) is 5.00. The molecule has 0 fully saturated rings. The summed E-state index contributed by atoms with van der Waals surface area (Å²) in [5.74, 6) is 0.983. The number of rotatable bonds is 6. The molecule has 2 aromatic heterocycles. The third-order valence-electron chi connectivity index (χ3n) is 4.53. The molecule has 0 atom stereocenters. The van der Waals surface area contributed by atoms with Crippen LogP contribution < -0.4 is 10.5 Å². The second kappa shape index (κ2) is 8.15. The van der Waals surface area contributed by atoms with E-state index in [4.69, 9.17) is 23.2 Å². The van der Waals surface area contributed by atoms with E-state index in [0.29, 0.717) is 16.4 Å². The molecule has 0 aliphatic rings. The Morgan fingerprint density at radius 1 is 1.22 bits per heavy atom. The van der Waals surface area contributed by atoms with E-state index in [1.165, 1.54) is 4.68 Å². The first kappa shape index (κ1) is 19.5. The van der Waals surface area contributed by atoms with Crippen molar-refractivity contribution in [1.82, 2.24) is 19.3 Å². The first-order valence-electron chi connectivity index (χ1n) is 8.61. The summed E-state index contributed by atoms with van der Waals surface area (Å²) in [6, 6.07) is 5.35. The molecule has 3 rings (SSSR count). The Kier molecular flexibility index (Phi) is 5.87. The van der Waals surface area contributed by atoms with E-state index < -0.39 is 0 Å². The second-order valence-electron chi connectivity index (χ2n) is 6.44. The van der Waals surface area contributed by atoms with Gasteiger partial charge in [0.15, 0.2) is 0 Å². The topological polar surface area (TPSA) is 56.0 Å². The van der Waals surface area contributed by atoms with Gasteiger partial charge in [0.2, 0.25) is 0 Å². The van der Waals surface area contributed by atoms with E-state index in [2.05, 4.69) is 14.6 Å². The second-order valence-corrected chi connectivity index (χ2v) is 7.22. The summed E-state index contributed by atoms with van der Waals surface area (Å²) in [7, 11) is 1.90. The van der Waals surface area contributed by atoms with E-state index in [-0.39, 0.29) is 10.6 Å². The van der Waals surface area contributed by atoms with Crippen LogP contribution in [0.4, 0.5) is 5.69 Å². The third-order valence-corrected chi connectivity index (χ3v) is 5.29. The number of anilines is 1. The summed E-state index contributed by atoms with van der Waals surface area (Å²) >= 11 is 12.5. The minimum atomic E-state index is -0.369. The molecule has 0 aliphatic carbocycles. The van der Waals surface area contributed by atoms with Crippen molar-refractivity contribution < 1.29 is 0 Å². The molecule has 2 heterocycles. The maximum Gasteiger partial charge on any atom is 0.292 e. The van der Waals surface area contributed by atoms with Gasteiger partial charge >= 0.3 is 0 Å². The Bertz CT molecular complexity index is 1010. The fraction of sp³-hybridized carbons (Fsp3) is 0.316. The summed E-state index contributed by atoms with van der Waals surface area (Å²) in [4.78, 5) is 18.8. The molecule has 0 bridgehead atoms. The molecule has 27 heavy (non-hydrogen) atoms. The molecule has 0 unspecified atom stereocenters. The monoisotopic (exact) mass is 405 g/mol. The Balaban J connectivity index is 1.76. The molecule has 6 nitrogen and oxygen atoms in total. The van der Waals surface area contributed by atoms with Crippen molar-refractivity contribution in [2.24, 2.45) is 0 Å². The summed E-state index contributed by atoms with van der Waals surface area (Å²) in [6.07, 6.45) is 6.25. The normalized spacial score (nSPS) is 11.0. The molecule has 0 radical (unpaired) electrons. The maximum atomic E-state index is 12.7. The first-order valence-corrected chi connectivity index (χ1v) is 9.37. The van der Waals surface area contributed by atoms with Crippen molar-refractivity contribution in [3.05, 3.63) is 68.6 Å². The van der Waals surface area contributed by atoms with Crippen LogP contribution in [0.1, 0.15) is 17.8 Å². The molecule has 8 heteroatoms. The van der Waals surface area contributed by atoms with Gasteiger partial charge in [0.1, 0.15) is 10.8 Å². The molecule has 0 N–H and O–H groups in total. The number of hydrogen-bond donors (Lipinski definition) is 0. The zero-order chi connectivity index (χ0) is 19.6. The summed E-state index contributed by atoms with van der Waals surface area (Å²) in [5.41, 5.74) is 1.76. The minimum Gasteiger partial charge on any atom is -0.372 e. The molecule has 0 saturated carbocycles. The van der Waals surface area contributed by atoms with Gasteiger partial charge in [0, 0.05) is 37.6 Å². The highest BCUT2D eigenvalue weighted by molar-refractivity contribution is 6.33. The lowest BCUT2D eigenvalue weighted by atomic mass is 10.2. The smallest absolute Gasteiger partial charge is 0.292 e. The number of halogens is 2. The van der Waals surface area contributed by atoms with Crippen LogP contribution in [0.3, 0.4) is 0 Å². The lowest BCUT2D eigenvalue weighted by Crippen LogP contribution is -2.27. The summed E-state index contributed by atoms with van der Waals surface area (Å²) in [6.45, 7) is 5.46. The van der Waals surface area contributed by atoms with Crippen LogP contribution in [-0.4, -0.2) is 32.9 Å². The number of nitrogens with zero attached hydrogens (tertiary/aromatic N) is 5. The quantitative estimate of drug-likeness (QED) is 0.624. The highest BCUT2D eigenvalue weighted by atomic mass is 35.5. The zero-order valence-corrected chi connectivity index (χ0v) is 17.0. The highest BCUT2D eigenvalue weighted by Gasteiger charge is 2.14. The fourth-order valence-corrected chi connectivity index (χ4v) is 3.27. The van der Waals surface area contributed by atoms with Gasteiger partial charge < -0.3 is 9.47 Å². The molecule has 0 spiro atoms. The van der Waals surface area contributed by atoms with Gasteiger partial charge in [-0.2, -0.15) is 9.78 Å². The van der Waals surface area contributed by atoms with E-state index in [1.54, 1.807) is 24.5 Å². The Labute approximate surface area is 168 Å². The van der Waals surface area contributed by atoms with Crippen molar-refractivity contribution >= 4 is 28.9 Å². The lowest BCUT2D eigenvalue weighted by molar-refractivity contribution is 0.621. The van der Waals surface area contributed by atoms with Gasteiger partial charge in [-0.15, -0.1) is 0 Å². The van der Waals surface area contributed by atoms with E-state index >= 15 is 0 Å². The summed E-state index contributed by atoms with van der Waals surface area (Å²) < 4.78 is 3.35. The maximum absolute atomic E-state index is 12.7. The average Bonchev–Trinajstić information content (AvgIpc) is 3.04. The predicted molar refractivity (Wildman–Crippen MR) is 109 cm³/mol. The Hall–Kier alpha value is -2.31. The van der Waals surface area contributed by atoms with Gasteiger partial charge in [-0.25, -0.2) is 4.98 Å². The molecule has 142 valence electrons. The van der Waals surface area contributed by atoms with Gasteiger partial charge in [0.05, 0.1) is 17.6 Å². The molecule has 0 aliphatic heterocycles. The standard InChI is InChI=1S/C19H21Cl2N5O/c1-13-5-6-15(11-16(13)20)26-19(27)18(21)17(12-23-26)24(3)8-4-9-25-10-7-22-14(25)2/h5-7,10-12H,4,8-9H2,1-3H3. The zero-order valence-electron chi connectivity index (χ0n) is 15.5. The fourth-order valence-electron chi connectivity index (χ4n) is 2.83. The third kappa shape index (κ3) is 4.17. The molecular formula is C19H21Cl2N5O. The molecular weight excluding hydrogens is 385 g/mol. The van der Waals surface area contributed by atoms with Gasteiger partial charge in [-0.05, 0) is 38.0 Å². The molecule has 0 saturated heterocycles. The first-order chi connectivity index (χ1) is 12.9. The number of imidazole rings is 1.